The molecule has 0 aliphatic rings. The quantitative estimate of drug-likeness (QED) is 0.0261. The van der Waals surface area contributed by atoms with Crippen molar-refractivity contribution >= 4 is 17.9 Å². The molecule has 0 aromatic heterocycles. The highest BCUT2D eigenvalue weighted by Crippen LogP contribution is 2.13. The Bertz CT molecular complexity index is 1750. The molecule has 0 fully saturated rings. The third-order valence-electron chi connectivity index (χ3n) is 11.7. The van der Waals surface area contributed by atoms with E-state index in [0.29, 0.717) is 19.3 Å². The number of ether oxygens (including phenoxy) is 3. The van der Waals surface area contributed by atoms with Crippen molar-refractivity contribution in [1.82, 2.24) is 0 Å². The average Bonchev–Trinajstić information content (AvgIpc) is 3.41. The predicted molar refractivity (Wildman–Crippen MR) is 325 cm³/mol. The van der Waals surface area contributed by atoms with Gasteiger partial charge in [-0.3, -0.25) is 14.4 Å². The van der Waals surface area contributed by atoms with E-state index < -0.39 is 12.1 Å². The third kappa shape index (κ3) is 59.5. The molecule has 0 unspecified atom stereocenters. The van der Waals surface area contributed by atoms with Crippen molar-refractivity contribution in [3.63, 3.8) is 0 Å². The Morgan fingerprint density at radius 2 is 0.547 bits per heavy atom. The normalized spacial score (nSPS) is 13.4. The number of unbranched alkanes of at least 4 members (excludes halogenated alkanes) is 12. The summed E-state index contributed by atoms with van der Waals surface area (Å²) in [7, 11) is 0. The van der Waals surface area contributed by atoms with Gasteiger partial charge in [0.1, 0.15) is 13.2 Å². The summed E-state index contributed by atoms with van der Waals surface area (Å²) in [6.07, 6.45) is 90.8. The summed E-state index contributed by atoms with van der Waals surface area (Å²) in [4.78, 5) is 38.2. The smallest absolute Gasteiger partial charge is 0.306 e. The maximum atomic E-state index is 12.8. The molecule has 0 bridgehead atoms. The lowest BCUT2D eigenvalue weighted by Gasteiger charge is -2.18. The van der Waals surface area contributed by atoms with Crippen LogP contribution in [0.25, 0.3) is 0 Å². The van der Waals surface area contributed by atoms with Gasteiger partial charge in [-0.05, 0) is 128 Å². The van der Waals surface area contributed by atoms with E-state index in [1.54, 1.807) is 0 Å². The molecule has 418 valence electrons. The van der Waals surface area contributed by atoms with Gasteiger partial charge in [0.15, 0.2) is 6.10 Å². The molecule has 0 aliphatic carbocycles. The lowest BCUT2D eigenvalue weighted by atomic mass is 10.1. The van der Waals surface area contributed by atoms with E-state index in [9.17, 15) is 14.4 Å². The van der Waals surface area contributed by atoms with E-state index in [4.69, 9.17) is 14.2 Å². The maximum absolute atomic E-state index is 12.8. The maximum Gasteiger partial charge on any atom is 0.306 e. The van der Waals surface area contributed by atoms with Crippen LogP contribution in [0.2, 0.25) is 0 Å². The highest BCUT2D eigenvalue weighted by molar-refractivity contribution is 5.71. The Morgan fingerprint density at radius 3 is 0.893 bits per heavy atom. The van der Waals surface area contributed by atoms with Crippen molar-refractivity contribution in [3.05, 3.63) is 170 Å². The van der Waals surface area contributed by atoms with Crippen molar-refractivity contribution in [1.29, 1.82) is 0 Å². The fourth-order valence-electron chi connectivity index (χ4n) is 7.35. The number of carbonyl (C=O) groups excluding carboxylic acids is 3. The van der Waals surface area contributed by atoms with Crippen LogP contribution < -0.4 is 0 Å². The first-order valence-electron chi connectivity index (χ1n) is 29.6. The molecule has 0 saturated heterocycles. The second kappa shape index (κ2) is 61.3. The molecule has 0 aliphatic heterocycles. The van der Waals surface area contributed by atoms with Gasteiger partial charge < -0.3 is 14.2 Å². The minimum Gasteiger partial charge on any atom is -0.462 e. The van der Waals surface area contributed by atoms with Crippen LogP contribution in [0.1, 0.15) is 226 Å². The van der Waals surface area contributed by atoms with E-state index in [2.05, 4.69) is 167 Å². The molecule has 6 heteroatoms. The van der Waals surface area contributed by atoms with Gasteiger partial charge in [-0.2, -0.15) is 0 Å². The van der Waals surface area contributed by atoms with E-state index >= 15 is 0 Å². The van der Waals surface area contributed by atoms with Gasteiger partial charge in [0.25, 0.3) is 0 Å². The van der Waals surface area contributed by atoms with Crippen LogP contribution in [0, 0.1) is 0 Å². The fourth-order valence-corrected chi connectivity index (χ4v) is 7.35. The van der Waals surface area contributed by atoms with Gasteiger partial charge >= 0.3 is 17.9 Å². The SMILES string of the molecule is CC/C=C\C/C=C\C/C=C\C/C=C\C/C=C\C/C=C\CCC(=O)OC[C@@H](COC(=O)CCCCCCCCCCC/C=C\C/C=C\CCCCC)OC(=O)CC/C=C\C/C=C\C/C=C\C/C=C\C/C=C\C/C=C\CC. The Hall–Kier alpha value is -5.23. The molecular weight excluding hydrogens is 925 g/mol. The van der Waals surface area contributed by atoms with Crippen LogP contribution in [0.3, 0.4) is 0 Å². The molecule has 0 aromatic rings. The van der Waals surface area contributed by atoms with Crippen LogP contribution in [-0.2, 0) is 28.6 Å². The van der Waals surface area contributed by atoms with Crippen molar-refractivity contribution in [2.45, 2.75) is 232 Å². The summed E-state index contributed by atoms with van der Waals surface area (Å²) in [5.41, 5.74) is 0. The summed E-state index contributed by atoms with van der Waals surface area (Å²) in [6.45, 7) is 6.24. The molecule has 0 saturated carbocycles. The molecule has 0 amide bonds. The predicted octanol–water partition coefficient (Wildman–Crippen LogP) is 20.3. The number of esters is 3. The second-order valence-corrected chi connectivity index (χ2v) is 18.8. The van der Waals surface area contributed by atoms with Gasteiger partial charge in [-0.25, -0.2) is 0 Å². The summed E-state index contributed by atoms with van der Waals surface area (Å²) in [5.74, 6) is -1.13. The van der Waals surface area contributed by atoms with E-state index in [0.717, 1.165) is 103 Å². The van der Waals surface area contributed by atoms with E-state index in [1.165, 1.54) is 70.6 Å². The van der Waals surface area contributed by atoms with Crippen LogP contribution >= 0.6 is 0 Å². The average molecular weight is 1030 g/mol. The molecular formula is C69H106O6. The molecule has 6 nitrogen and oxygen atoms in total. The van der Waals surface area contributed by atoms with Crippen molar-refractivity contribution in [3.8, 4) is 0 Å². The van der Waals surface area contributed by atoms with Crippen molar-refractivity contribution in [2.24, 2.45) is 0 Å². The lowest BCUT2D eigenvalue weighted by Crippen LogP contribution is -2.30. The topological polar surface area (TPSA) is 78.9 Å². The first-order chi connectivity index (χ1) is 37.0. The number of carbonyl (C=O) groups is 3. The lowest BCUT2D eigenvalue weighted by molar-refractivity contribution is -0.166. The molecule has 0 N–H and O–H groups in total. The van der Waals surface area contributed by atoms with Gasteiger partial charge in [-0.1, -0.05) is 249 Å². The van der Waals surface area contributed by atoms with E-state index in [1.807, 2.05) is 24.3 Å². The summed E-state index contributed by atoms with van der Waals surface area (Å²) >= 11 is 0. The van der Waals surface area contributed by atoms with Crippen LogP contribution in [0.15, 0.2) is 170 Å². The number of hydrogen-bond donors (Lipinski definition) is 0. The molecule has 0 aromatic carbocycles. The first kappa shape index (κ1) is 69.8. The number of rotatable bonds is 51. The van der Waals surface area contributed by atoms with Gasteiger partial charge in [-0.15, -0.1) is 0 Å². The zero-order chi connectivity index (χ0) is 54.3. The molecule has 1 atom stereocenters. The number of hydrogen-bond acceptors (Lipinski definition) is 6. The molecule has 0 rings (SSSR count). The van der Waals surface area contributed by atoms with Gasteiger partial charge in [0, 0.05) is 19.3 Å². The van der Waals surface area contributed by atoms with Crippen LogP contribution in [-0.4, -0.2) is 37.2 Å². The van der Waals surface area contributed by atoms with Crippen LogP contribution in [0.4, 0.5) is 0 Å². The van der Waals surface area contributed by atoms with Crippen molar-refractivity contribution in [2.75, 3.05) is 13.2 Å². The standard InChI is InChI=1S/C69H106O6/c1-4-7-10-13-16-19-22-25-28-31-34-37-40-43-46-49-52-55-58-61-67(70)73-64-66(75-69(72)63-60-57-54-51-48-45-42-39-36-33-30-27-24-21-18-15-12-9-6-3)65-74-68(71)62-59-56-53-50-47-44-41-38-35-32-29-26-23-20-17-14-11-8-5-2/h7,9-10,12,16-21,25-30,34,36-37,39,43,45-46,48,52,54-55,57,66H,4-6,8,11,13-15,22-24,31-33,35,38,40-42,44,47,49-51,53,56,58-65H2,1-3H3/b10-7-,12-9-,19-16-,20-17-,21-18-,28-25-,29-26-,30-27-,37-34-,39-36-,46-43-,48-45-,55-52-,57-54-/t66-/m0/s1. The summed E-state index contributed by atoms with van der Waals surface area (Å²) < 4.78 is 16.7. The zero-order valence-corrected chi connectivity index (χ0v) is 47.7. The Balaban J connectivity index is 4.65. The highest BCUT2D eigenvalue weighted by atomic mass is 16.6. The molecule has 0 spiro atoms. The summed E-state index contributed by atoms with van der Waals surface area (Å²) in [5, 5.41) is 0. The summed E-state index contributed by atoms with van der Waals surface area (Å²) in [6, 6.07) is 0. The fraction of sp³-hybridized carbons (Fsp3) is 0.551. The minimum atomic E-state index is -0.861. The minimum absolute atomic E-state index is 0.142. The third-order valence-corrected chi connectivity index (χ3v) is 11.7. The second-order valence-electron chi connectivity index (χ2n) is 18.8. The van der Waals surface area contributed by atoms with Gasteiger partial charge in [0.2, 0.25) is 0 Å². The first-order valence-corrected chi connectivity index (χ1v) is 29.6. The highest BCUT2D eigenvalue weighted by Gasteiger charge is 2.19. The zero-order valence-electron chi connectivity index (χ0n) is 47.7. The van der Waals surface area contributed by atoms with Crippen LogP contribution in [0.5, 0.6) is 0 Å². The van der Waals surface area contributed by atoms with Gasteiger partial charge in [0.05, 0.1) is 0 Å². The van der Waals surface area contributed by atoms with E-state index in [-0.39, 0.29) is 38.0 Å². The monoisotopic (exact) mass is 1030 g/mol. The Kier molecular flexibility index (Phi) is 57.0. The largest absolute Gasteiger partial charge is 0.462 e. The number of allylic oxidation sites excluding steroid dienone is 28. The molecule has 75 heavy (non-hydrogen) atoms. The molecule has 0 heterocycles. The Labute approximate surface area is 460 Å². The Morgan fingerprint density at radius 1 is 0.280 bits per heavy atom. The molecule has 0 radical (unpaired) electrons. The van der Waals surface area contributed by atoms with Crippen molar-refractivity contribution < 1.29 is 28.6 Å².